The van der Waals surface area contributed by atoms with Gasteiger partial charge in [0.05, 0.1) is 0 Å². The Balaban J connectivity index is 2.25. The first kappa shape index (κ1) is 10.0. The van der Waals surface area contributed by atoms with Gasteiger partial charge in [-0.05, 0) is 12.3 Å². The Morgan fingerprint density at radius 3 is 2.56 bits per heavy atom. The van der Waals surface area contributed by atoms with Crippen molar-refractivity contribution in [2.75, 3.05) is 0 Å². The first-order valence-corrected chi connectivity index (χ1v) is 4.77. The van der Waals surface area contributed by atoms with E-state index in [0.717, 1.165) is 7.05 Å². The van der Waals surface area contributed by atoms with Gasteiger partial charge in [-0.15, -0.1) is 0 Å². The van der Waals surface area contributed by atoms with Gasteiger partial charge >= 0.3 is 6.18 Å². The minimum absolute atomic E-state index is 0.134. The number of alkyl halides is 5. The van der Waals surface area contributed by atoms with Gasteiger partial charge in [-0.3, -0.25) is 4.68 Å². The van der Waals surface area contributed by atoms with Crippen LogP contribution < -0.4 is 0 Å². The van der Waals surface area contributed by atoms with Crippen LogP contribution in [-0.4, -0.2) is 9.78 Å². The number of fused-ring (bicyclic) bond motifs is 3. The molecule has 2 aliphatic carbocycles. The van der Waals surface area contributed by atoms with Crippen molar-refractivity contribution in [3.8, 4) is 0 Å². The molecule has 1 aromatic heterocycles. The zero-order chi connectivity index (χ0) is 11.9. The average Bonchev–Trinajstić information content (AvgIpc) is 2.76. The predicted octanol–water partition coefficient (Wildman–Crippen LogP) is 2.65. The van der Waals surface area contributed by atoms with Crippen LogP contribution in [0.2, 0.25) is 0 Å². The summed E-state index contributed by atoms with van der Waals surface area (Å²) in [6.45, 7) is 0. The van der Waals surface area contributed by atoms with Crippen LogP contribution in [0.5, 0.6) is 0 Å². The maximum absolute atomic E-state index is 13.6. The molecule has 7 heteroatoms. The van der Waals surface area contributed by atoms with Crippen molar-refractivity contribution >= 4 is 0 Å². The standard InChI is InChI=1S/C9H7F5N2/c1-16-7-5(6(15-16)9(12,13)14)3-2-4(3)8(7,10)11/h3-4H,2H2,1H3/t3-,4+/m0/s1. The van der Waals surface area contributed by atoms with E-state index in [-0.39, 0.29) is 12.0 Å². The number of aryl methyl sites for hydroxylation is 1. The van der Waals surface area contributed by atoms with Gasteiger partial charge in [0.1, 0.15) is 5.69 Å². The van der Waals surface area contributed by atoms with Crippen LogP contribution >= 0.6 is 0 Å². The quantitative estimate of drug-likeness (QED) is 0.635. The molecule has 0 spiro atoms. The highest BCUT2D eigenvalue weighted by Crippen LogP contribution is 2.68. The fraction of sp³-hybridized carbons (Fsp3) is 0.667. The van der Waals surface area contributed by atoms with Crippen molar-refractivity contribution in [3.05, 3.63) is 17.0 Å². The molecular weight excluding hydrogens is 231 g/mol. The minimum Gasteiger partial charge on any atom is -0.266 e. The van der Waals surface area contributed by atoms with Gasteiger partial charge in [-0.25, -0.2) is 0 Å². The predicted molar refractivity (Wildman–Crippen MR) is 43.0 cm³/mol. The average molecular weight is 238 g/mol. The molecule has 0 N–H and O–H groups in total. The summed E-state index contributed by atoms with van der Waals surface area (Å²) in [4.78, 5) is 0. The second-order valence-electron chi connectivity index (χ2n) is 4.30. The summed E-state index contributed by atoms with van der Waals surface area (Å²) >= 11 is 0. The number of nitrogens with zero attached hydrogens (tertiary/aromatic N) is 2. The molecule has 0 radical (unpaired) electrons. The van der Waals surface area contributed by atoms with Crippen LogP contribution in [0.25, 0.3) is 0 Å². The molecule has 1 fully saturated rings. The topological polar surface area (TPSA) is 17.8 Å². The van der Waals surface area contributed by atoms with Crippen LogP contribution in [0.3, 0.4) is 0 Å². The Kier molecular flexibility index (Phi) is 1.51. The van der Waals surface area contributed by atoms with Gasteiger partial charge in [0, 0.05) is 18.5 Å². The van der Waals surface area contributed by atoms with Gasteiger partial charge in [0.2, 0.25) is 0 Å². The molecule has 1 aromatic rings. The zero-order valence-electron chi connectivity index (χ0n) is 8.15. The van der Waals surface area contributed by atoms with Gasteiger partial charge in [-0.1, -0.05) is 0 Å². The van der Waals surface area contributed by atoms with E-state index in [9.17, 15) is 22.0 Å². The van der Waals surface area contributed by atoms with Gasteiger partial charge in [0.25, 0.3) is 5.92 Å². The monoisotopic (exact) mass is 238 g/mol. The summed E-state index contributed by atoms with van der Waals surface area (Å²) < 4.78 is 65.6. The van der Waals surface area contributed by atoms with Crippen molar-refractivity contribution in [1.29, 1.82) is 0 Å². The van der Waals surface area contributed by atoms with Crippen molar-refractivity contribution in [1.82, 2.24) is 9.78 Å². The highest BCUT2D eigenvalue weighted by atomic mass is 19.4. The van der Waals surface area contributed by atoms with E-state index in [1.807, 2.05) is 0 Å². The number of aromatic nitrogens is 2. The van der Waals surface area contributed by atoms with E-state index in [1.54, 1.807) is 0 Å². The van der Waals surface area contributed by atoms with E-state index in [1.165, 1.54) is 0 Å². The Morgan fingerprint density at radius 1 is 1.38 bits per heavy atom. The Hall–Kier alpha value is -1.14. The second kappa shape index (κ2) is 2.41. The Labute approximate surface area is 87.0 Å². The molecule has 2 aliphatic rings. The molecule has 2 nitrogen and oxygen atoms in total. The Bertz CT molecular complexity index is 473. The molecule has 0 aliphatic heterocycles. The number of hydrogen-bond donors (Lipinski definition) is 0. The fourth-order valence-corrected chi connectivity index (χ4v) is 2.59. The van der Waals surface area contributed by atoms with Gasteiger partial charge < -0.3 is 0 Å². The molecule has 0 unspecified atom stereocenters. The van der Waals surface area contributed by atoms with Crippen molar-refractivity contribution < 1.29 is 22.0 Å². The van der Waals surface area contributed by atoms with Crippen LogP contribution in [0.1, 0.15) is 29.3 Å². The van der Waals surface area contributed by atoms with Crippen LogP contribution in [-0.2, 0) is 19.1 Å². The molecule has 0 saturated heterocycles. The van der Waals surface area contributed by atoms with E-state index < -0.39 is 35.3 Å². The van der Waals surface area contributed by atoms with E-state index >= 15 is 0 Å². The summed E-state index contributed by atoms with van der Waals surface area (Å²) in [6, 6.07) is 0. The number of rotatable bonds is 0. The van der Waals surface area contributed by atoms with Crippen LogP contribution in [0.15, 0.2) is 0 Å². The molecule has 1 saturated carbocycles. The van der Waals surface area contributed by atoms with Crippen LogP contribution in [0, 0.1) is 5.92 Å². The van der Waals surface area contributed by atoms with Crippen molar-refractivity contribution in [2.45, 2.75) is 24.4 Å². The first-order chi connectivity index (χ1) is 7.24. The normalized spacial score (nSPS) is 30.1. The summed E-state index contributed by atoms with van der Waals surface area (Å²) in [5.41, 5.74) is -1.99. The highest BCUT2D eigenvalue weighted by molar-refractivity contribution is 5.46. The smallest absolute Gasteiger partial charge is 0.266 e. The van der Waals surface area contributed by atoms with E-state index in [4.69, 9.17) is 0 Å². The molecule has 1 heterocycles. The largest absolute Gasteiger partial charge is 0.435 e. The number of halogens is 5. The van der Waals surface area contributed by atoms with Gasteiger partial charge in [0.15, 0.2) is 5.69 Å². The summed E-state index contributed by atoms with van der Waals surface area (Å²) in [5, 5.41) is 3.19. The molecule has 88 valence electrons. The zero-order valence-corrected chi connectivity index (χ0v) is 8.15. The lowest BCUT2D eigenvalue weighted by Crippen LogP contribution is -2.18. The third kappa shape index (κ3) is 0.985. The molecule has 0 aromatic carbocycles. The molecule has 0 amide bonds. The summed E-state index contributed by atoms with van der Waals surface area (Å²) in [5.74, 6) is -4.77. The lowest BCUT2D eigenvalue weighted by molar-refractivity contribution is -0.142. The lowest BCUT2D eigenvalue weighted by atomic mass is 10.1. The molecule has 0 bridgehead atoms. The molecule has 2 atom stereocenters. The second-order valence-corrected chi connectivity index (χ2v) is 4.30. The number of hydrogen-bond acceptors (Lipinski definition) is 1. The third-order valence-electron chi connectivity index (χ3n) is 3.29. The molecule has 3 rings (SSSR count). The Morgan fingerprint density at radius 2 is 2.00 bits per heavy atom. The maximum Gasteiger partial charge on any atom is 0.435 e. The van der Waals surface area contributed by atoms with E-state index in [0.29, 0.717) is 4.68 Å². The van der Waals surface area contributed by atoms with Crippen molar-refractivity contribution in [2.24, 2.45) is 13.0 Å². The van der Waals surface area contributed by atoms with Crippen molar-refractivity contribution in [3.63, 3.8) is 0 Å². The SMILES string of the molecule is Cn1nc(C(F)(F)F)c2c1C(F)(F)[C@@H]1C[C@H]21. The maximum atomic E-state index is 13.6. The van der Waals surface area contributed by atoms with E-state index in [2.05, 4.69) is 5.10 Å². The molecular formula is C9H7F5N2. The fourth-order valence-electron chi connectivity index (χ4n) is 2.59. The minimum atomic E-state index is -4.65. The van der Waals surface area contributed by atoms with Gasteiger partial charge in [-0.2, -0.15) is 27.1 Å². The summed E-state index contributed by atoms with van der Waals surface area (Å²) in [6.07, 6.45) is -4.52. The summed E-state index contributed by atoms with van der Waals surface area (Å²) in [7, 11) is 1.13. The first-order valence-electron chi connectivity index (χ1n) is 4.77. The lowest BCUT2D eigenvalue weighted by Gasteiger charge is -2.12. The third-order valence-corrected chi connectivity index (χ3v) is 3.29. The molecule has 16 heavy (non-hydrogen) atoms. The van der Waals surface area contributed by atoms with Crippen LogP contribution in [0.4, 0.5) is 22.0 Å². The highest BCUT2D eigenvalue weighted by Gasteiger charge is 2.68.